The molecule has 0 radical (unpaired) electrons. The Hall–Kier alpha value is -2.41. The largest absolute Gasteiger partial charge is 0.444 e. The Morgan fingerprint density at radius 2 is 2.04 bits per heavy atom. The van der Waals surface area contributed by atoms with Crippen LogP contribution in [0.5, 0.6) is 0 Å². The molecule has 3 rings (SSSR count). The number of piperidine rings is 1. The summed E-state index contributed by atoms with van der Waals surface area (Å²) in [6, 6.07) is 6.50. The molecule has 1 atom stereocenters. The zero-order valence-corrected chi connectivity index (χ0v) is 16.4. The van der Waals surface area contributed by atoms with Gasteiger partial charge in [-0.25, -0.2) is 14.2 Å². The molecule has 2 amide bonds. The second-order valence-electron chi connectivity index (χ2n) is 7.32. The fourth-order valence-electron chi connectivity index (χ4n) is 3.49. The monoisotopic (exact) mass is 388 g/mol. The number of rotatable bonds is 8. The number of carbonyl (C=O) groups excluding carboxylic acids is 1. The number of hydrogen-bond acceptors (Lipinski definition) is 4. The summed E-state index contributed by atoms with van der Waals surface area (Å²) in [5.41, 5.74) is 1.47. The minimum absolute atomic E-state index is 0.158. The summed E-state index contributed by atoms with van der Waals surface area (Å²) >= 11 is 0. The molecule has 0 spiro atoms. The number of carbonyl (C=O) groups is 1. The second-order valence-corrected chi connectivity index (χ2v) is 7.32. The number of amides is 2. The topological polar surface area (TPSA) is 70.4 Å². The lowest BCUT2D eigenvalue weighted by Crippen LogP contribution is -2.41. The molecule has 1 unspecified atom stereocenters. The second kappa shape index (κ2) is 10.2. The molecule has 1 aromatic heterocycles. The predicted molar refractivity (Wildman–Crippen MR) is 107 cm³/mol. The van der Waals surface area contributed by atoms with Crippen molar-refractivity contribution in [2.75, 3.05) is 26.2 Å². The number of benzene rings is 1. The molecule has 0 bridgehead atoms. The maximum absolute atomic E-state index is 13.0. The van der Waals surface area contributed by atoms with E-state index < -0.39 is 0 Å². The van der Waals surface area contributed by atoms with E-state index >= 15 is 0 Å². The van der Waals surface area contributed by atoms with Crippen LogP contribution >= 0.6 is 0 Å². The van der Waals surface area contributed by atoms with Gasteiger partial charge in [0.1, 0.15) is 12.1 Å². The minimum Gasteiger partial charge on any atom is -0.444 e. The Balaban J connectivity index is 1.30. The molecular formula is C21H29FN4O2. The molecule has 1 aliphatic heterocycles. The van der Waals surface area contributed by atoms with Gasteiger partial charge in [-0.15, -0.1) is 0 Å². The highest BCUT2D eigenvalue weighted by molar-refractivity contribution is 5.73. The number of halogens is 1. The Kier molecular flexibility index (Phi) is 7.42. The molecule has 1 aromatic carbocycles. The van der Waals surface area contributed by atoms with Crippen LogP contribution in [0, 0.1) is 5.82 Å². The number of aromatic nitrogens is 1. The van der Waals surface area contributed by atoms with Crippen molar-refractivity contribution in [3.8, 4) is 11.5 Å². The number of likely N-dealkylation sites (tertiary alicyclic amines) is 1. The normalized spacial score (nSPS) is 17.4. The number of urea groups is 1. The van der Waals surface area contributed by atoms with Crippen molar-refractivity contribution >= 4 is 6.03 Å². The van der Waals surface area contributed by atoms with E-state index in [-0.39, 0.29) is 11.8 Å². The molecule has 1 aliphatic rings. The number of nitrogens with zero attached hydrogens (tertiary/aromatic N) is 2. The number of nitrogens with one attached hydrogen (secondary N) is 2. The lowest BCUT2D eigenvalue weighted by molar-refractivity contribution is 0.159. The molecule has 2 aromatic rings. The third-order valence-electron chi connectivity index (χ3n) is 5.16. The Morgan fingerprint density at radius 1 is 1.25 bits per heavy atom. The molecule has 2 heterocycles. The van der Waals surface area contributed by atoms with E-state index in [4.69, 9.17) is 4.42 Å². The molecule has 1 saturated heterocycles. The summed E-state index contributed by atoms with van der Waals surface area (Å²) in [6.07, 6.45) is 6.99. The van der Waals surface area contributed by atoms with E-state index in [9.17, 15) is 9.18 Å². The molecule has 152 valence electrons. The standard InChI is InChI=1S/C21H29FN4O2/c1-16-5-2-3-13-26(16)14-4-11-23-21(27)24-12-10-19-15-28-20(25-19)17-6-8-18(22)9-7-17/h6-9,15-16H,2-5,10-14H2,1H3,(H2,23,24,27). The first kappa shape index (κ1) is 20.3. The Morgan fingerprint density at radius 3 is 2.82 bits per heavy atom. The Bertz CT molecular complexity index is 747. The van der Waals surface area contributed by atoms with Crippen molar-refractivity contribution in [2.45, 2.75) is 45.1 Å². The van der Waals surface area contributed by atoms with Crippen LogP contribution in [0.25, 0.3) is 11.5 Å². The van der Waals surface area contributed by atoms with Crippen LogP contribution in [-0.2, 0) is 6.42 Å². The first-order chi connectivity index (χ1) is 13.6. The van der Waals surface area contributed by atoms with Gasteiger partial charge in [0.25, 0.3) is 0 Å². The fourth-order valence-corrected chi connectivity index (χ4v) is 3.49. The maximum Gasteiger partial charge on any atom is 0.314 e. The van der Waals surface area contributed by atoms with E-state index in [2.05, 4.69) is 27.4 Å². The number of hydrogen-bond donors (Lipinski definition) is 2. The van der Waals surface area contributed by atoms with E-state index in [1.54, 1.807) is 18.4 Å². The van der Waals surface area contributed by atoms with Crippen LogP contribution in [0.2, 0.25) is 0 Å². The quantitative estimate of drug-likeness (QED) is 0.678. The molecule has 0 saturated carbocycles. The van der Waals surface area contributed by atoms with Gasteiger partial charge in [0.15, 0.2) is 0 Å². The SMILES string of the molecule is CC1CCCCN1CCCNC(=O)NCCc1coc(-c2ccc(F)cc2)n1. The lowest BCUT2D eigenvalue weighted by atomic mass is 10.0. The lowest BCUT2D eigenvalue weighted by Gasteiger charge is -2.33. The highest BCUT2D eigenvalue weighted by atomic mass is 19.1. The van der Waals surface area contributed by atoms with Crippen LogP contribution in [-0.4, -0.2) is 48.1 Å². The number of oxazole rings is 1. The highest BCUT2D eigenvalue weighted by Crippen LogP contribution is 2.19. The molecule has 6 nitrogen and oxygen atoms in total. The smallest absolute Gasteiger partial charge is 0.314 e. The average Bonchev–Trinajstić information content (AvgIpc) is 3.16. The van der Waals surface area contributed by atoms with E-state index in [1.165, 1.54) is 37.9 Å². The average molecular weight is 388 g/mol. The van der Waals surface area contributed by atoms with Crippen molar-refractivity contribution in [3.63, 3.8) is 0 Å². The molecule has 1 fully saturated rings. The van der Waals surface area contributed by atoms with Crippen molar-refractivity contribution in [2.24, 2.45) is 0 Å². The third-order valence-corrected chi connectivity index (χ3v) is 5.16. The van der Waals surface area contributed by atoms with Crippen molar-refractivity contribution < 1.29 is 13.6 Å². The highest BCUT2D eigenvalue weighted by Gasteiger charge is 2.17. The van der Waals surface area contributed by atoms with Gasteiger partial charge in [-0.2, -0.15) is 0 Å². The van der Waals surface area contributed by atoms with Gasteiger partial charge in [0.05, 0.1) is 5.69 Å². The van der Waals surface area contributed by atoms with Gasteiger partial charge in [0, 0.05) is 37.7 Å². The zero-order chi connectivity index (χ0) is 19.8. The summed E-state index contributed by atoms with van der Waals surface area (Å²) in [7, 11) is 0. The minimum atomic E-state index is -0.295. The van der Waals surface area contributed by atoms with Gasteiger partial charge in [0.2, 0.25) is 5.89 Å². The maximum atomic E-state index is 13.0. The summed E-state index contributed by atoms with van der Waals surface area (Å²) in [5, 5.41) is 5.74. The van der Waals surface area contributed by atoms with Crippen molar-refractivity contribution in [1.29, 1.82) is 0 Å². The van der Waals surface area contributed by atoms with Crippen LogP contribution in [0.15, 0.2) is 34.9 Å². The van der Waals surface area contributed by atoms with Gasteiger partial charge in [-0.1, -0.05) is 6.42 Å². The van der Waals surface area contributed by atoms with Crippen molar-refractivity contribution in [1.82, 2.24) is 20.5 Å². The summed E-state index contributed by atoms with van der Waals surface area (Å²) in [6.45, 7) is 5.64. The van der Waals surface area contributed by atoms with Crippen LogP contribution in [0.3, 0.4) is 0 Å². The summed E-state index contributed by atoms with van der Waals surface area (Å²) in [5.74, 6) is 0.155. The van der Waals surface area contributed by atoms with Crippen molar-refractivity contribution in [3.05, 3.63) is 42.0 Å². The van der Waals surface area contributed by atoms with Crippen LogP contribution in [0.4, 0.5) is 9.18 Å². The van der Waals surface area contributed by atoms with Gasteiger partial charge < -0.3 is 20.0 Å². The predicted octanol–water partition coefficient (Wildman–Crippen LogP) is 3.59. The Labute approximate surface area is 165 Å². The fraction of sp³-hybridized carbons (Fsp3) is 0.524. The molecule has 28 heavy (non-hydrogen) atoms. The van der Waals surface area contributed by atoms with Crippen LogP contribution in [0.1, 0.15) is 38.3 Å². The van der Waals surface area contributed by atoms with E-state index in [1.807, 2.05) is 0 Å². The zero-order valence-electron chi connectivity index (χ0n) is 16.4. The molecular weight excluding hydrogens is 359 g/mol. The van der Waals surface area contributed by atoms with E-state index in [0.717, 1.165) is 24.2 Å². The van der Waals surface area contributed by atoms with E-state index in [0.29, 0.717) is 31.4 Å². The molecule has 7 heteroatoms. The van der Waals surface area contributed by atoms with Crippen LogP contribution < -0.4 is 10.6 Å². The van der Waals surface area contributed by atoms with Gasteiger partial charge >= 0.3 is 6.03 Å². The van der Waals surface area contributed by atoms with Gasteiger partial charge in [-0.05, 0) is 57.0 Å². The first-order valence-corrected chi connectivity index (χ1v) is 10.1. The molecule has 0 aliphatic carbocycles. The summed E-state index contributed by atoms with van der Waals surface area (Å²) < 4.78 is 18.4. The van der Waals surface area contributed by atoms with Gasteiger partial charge in [-0.3, -0.25) is 0 Å². The first-order valence-electron chi connectivity index (χ1n) is 10.1. The molecule has 2 N–H and O–H groups in total. The summed E-state index contributed by atoms with van der Waals surface area (Å²) in [4.78, 5) is 18.8. The third kappa shape index (κ3) is 6.05.